The van der Waals surface area contributed by atoms with Gasteiger partial charge >= 0.3 is 0 Å². The van der Waals surface area contributed by atoms with Gasteiger partial charge in [-0.05, 0) is 38.0 Å². The molecule has 3 rings (SSSR count). The lowest BCUT2D eigenvalue weighted by Crippen LogP contribution is -2.41. The van der Waals surface area contributed by atoms with E-state index < -0.39 is 5.54 Å². The lowest BCUT2D eigenvalue weighted by Gasteiger charge is -2.24. The summed E-state index contributed by atoms with van der Waals surface area (Å²) in [6, 6.07) is 9.97. The lowest BCUT2D eigenvalue weighted by atomic mass is 10.0. The Morgan fingerprint density at radius 3 is 2.78 bits per heavy atom. The highest BCUT2D eigenvalue weighted by Crippen LogP contribution is 2.19. The van der Waals surface area contributed by atoms with Gasteiger partial charge in [0.2, 0.25) is 5.91 Å². The summed E-state index contributed by atoms with van der Waals surface area (Å²) in [7, 11) is 0. The van der Waals surface area contributed by atoms with Crippen molar-refractivity contribution >= 4 is 16.8 Å². The maximum atomic E-state index is 12.3. The fraction of sp³-hybridized carbons (Fsp3) is 0.278. The maximum absolute atomic E-state index is 12.3. The fourth-order valence-electron chi connectivity index (χ4n) is 2.70. The number of carbonyl (C=O) groups excluding carboxylic acids is 1. The molecular weight excluding hydrogens is 288 g/mol. The fourth-order valence-corrected chi connectivity index (χ4v) is 2.70. The van der Waals surface area contributed by atoms with Crippen LogP contribution in [-0.2, 0) is 16.8 Å². The molecular formula is C18H20N4O. The first-order valence-electron chi connectivity index (χ1n) is 7.70. The van der Waals surface area contributed by atoms with E-state index in [1.807, 2.05) is 44.2 Å². The molecule has 0 atom stereocenters. The molecule has 0 aliphatic rings. The SMILES string of the molecule is CC(C)(NC(=O)CCc1ccnc2ccccc12)c1ncc[nH]1. The number of fused-ring (bicyclic) bond motifs is 1. The topological polar surface area (TPSA) is 70.7 Å². The minimum absolute atomic E-state index is 0.00675. The van der Waals surface area contributed by atoms with E-state index in [-0.39, 0.29) is 5.91 Å². The van der Waals surface area contributed by atoms with E-state index >= 15 is 0 Å². The first kappa shape index (κ1) is 15.2. The number of para-hydroxylation sites is 1. The Kier molecular flexibility index (Phi) is 4.10. The van der Waals surface area contributed by atoms with E-state index in [9.17, 15) is 4.79 Å². The zero-order chi connectivity index (χ0) is 16.3. The van der Waals surface area contributed by atoms with Crippen LogP contribution in [0.4, 0.5) is 0 Å². The minimum atomic E-state index is -0.513. The number of hydrogen-bond acceptors (Lipinski definition) is 3. The van der Waals surface area contributed by atoms with Crippen molar-refractivity contribution in [2.24, 2.45) is 0 Å². The van der Waals surface area contributed by atoms with Gasteiger partial charge in [0, 0.05) is 30.4 Å². The van der Waals surface area contributed by atoms with Crippen LogP contribution in [0.15, 0.2) is 48.9 Å². The van der Waals surface area contributed by atoms with Gasteiger partial charge in [-0.1, -0.05) is 18.2 Å². The van der Waals surface area contributed by atoms with Crippen molar-refractivity contribution < 1.29 is 4.79 Å². The smallest absolute Gasteiger partial charge is 0.221 e. The highest BCUT2D eigenvalue weighted by Gasteiger charge is 2.25. The Morgan fingerprint density at radius 1 is 1.17 bits per heavy atom. The number of imidazole rings is 1. The quantitative estimate of drug-likeness (QED) is 0.761. The molecule has 0 aliphatic carbocycles. The van der Waals surface area contributed by atoms with Gasteiger partial charge in [0.1, 0.15) is 5.82 Å². The summed E-state index contributed by atoms with van der Waals surface area (Å²) in [5.41, 5.74) is 1.59. The average Bonchev–Trinajstić information content (AvgIpc) is 3.08. The summed E-state index contributed by atoms with van der Waals surface area (Å²) >= 11 is 0. The Balaban J connectivity index is 1.67. The van der Waals surface area contributed by atoms with Crippen LogP contribution in [0.1, 0.15) is 31.7 Å². The number of aromatic amines is 1. The van der Waals surface area contributed by atoms with Crippen LogP contribution in [0.5, 0.6) is 0 Å². The van der Waals surface area contributed by atoms with E-state index in [4.69, 9.17) is 0 Å². The Labute approximate surface area is 135 Å². The monoisotopic (exact) mass is 308 g/mol. The number of nitrogens with one attached hydrogen (secondary N) is 2. The number of benzene rings is 1. The Bertz CT molecular complexity index is 804. The van der Waals surface area contributed by atoms with Crippen LogP contribution in [0, 0.1) is 0 Å². The second-order valence-corrected chi connectivity index (χ2v) is 6.10. The molecule has 2 heterocycles. The van der Waals surface area contributed by atoms with Crippen molar-refractivity contribution in [1.29, 1.82) is 0 Å². The van der Waals surface area contributed by atoms with E-state index in [1.165, 1.54) is 0 Å². The molecule has 118 valence electrons. The second kappa shape index (κ2) is 6.20. The number of carbonyl (C=O) groups is 1. The van der Waals surface area contributed by atoms with Crippen molar-refractivity contribution in [3.8, 4) is 0 Å². The maximum Gasteiger partial charge on any atom is 0.221 e. The number of pyridine rings is 1. The second-order valence-electron chi connectivity index (χ2n) is 6.10. The van der Waals surface area contributed by atoms with Crippen molar-refractivity contribution in [2.45, 2.75) is 32.2 Å². The van der Waals surface area contributed by atoms with Gasteiger partial charge in [-0.25, -0.2) is 4.98 Å². The molecule has 3 aromatic rings. The molecule has 0 aliphatic heterocycles. The molecule has 1 amide bonds. The summed E-state index contributed by atoms with van der Waals surface area (Å²) in [6.07, 6.45) is 6.35. The molecule has 5 heteroatoms. The number of aromatic nitrogens is 3. The van der Waals surface area contributed by atoms with Gasteiger partial charge in [-0.3, -0.25) is 9.78 Å². The molecule has 23 heavy (non-hydrogen) atoms. The third-order valence-electron chi connectivity index (χ3n) is 3.90. The highest BCUT2D eigenvalue weighted by molar-refractivity contribution is 5.83. The number of nitrogens with zero attached hydrogens (tertiary/aromatic N) is 2. The van der Waals surface area contributed by atoms with E-state index in [0.717, 1.165) is 22.3 Å². The first-order valence-corrected chi connectivity index (χ1v) is 7.70. The van der Waals surface area contributed by atoms with Crippen LogP contribution in [0.3, 0.4) is 0 Å². The molecule has 0 bridgehead atoms. The van der Waals surface area contributed by atoms with Crippen LogP contribution < -0.4 is 5.32 Å². The van der Waals surface area contributed by atoms with Crippen molar-refractivity contribution in [1.82, 2.24) is 20.3 Å². The van der Waals surface area contributed by atoms with Crippen LogP contribution in [0.25, 0.3) is 10.9 Å². The van der Waals surface area contributed by atoms with E-state index in [2.05, 4.69) is 20.3 Å². The van der Waals surface area contributed by atoms with Gasteiger partial charge in [0.05, 0.1) is 11.1 Å². The molecule has 2 N–H and O–H groups in total. The molecule has 0 radical (unpaired) electrons. The summed E-state index contributed by atoms with van der Waals surface area (Å²) < 4.78 is 0. The Morgan fingerprint density at radius 2 is 2.00 bits per heavy atom. The zero-order valence-corrected chi connectivity index (χ0v) is 13.3. The van der Waals surface area contributed by atoms with Crippen LogP contribution in [0.2, 0.25) is 0 Å². The molecule has 2 aromatic heterocycles. The van der Waals surface area contributed by atoms with E-state index in [0.29, 0.717) is 12.8 Å². The summed E-state index contributed by atoms with van der Waals surface area (Å²) in [5, 5.41) is 4.13. The van der Waals surface area contributed by atoms with Crippen molar-refractivity contribution in [3.05, 3.63) is 60.3 Å². The van der Waals surface area contributed by atoms with E-state index in [1.54, 1.807) is 18.6 Å². The summed E-state index contributed by atoms with van der Waals surface area (Å²) in [5.74, 6) is 0.757. The summed E-state index contributed by atoms with van der Waals surface area (Å²) in [4.78, 5) is 23.9. The van der Waals surface area contributed by atoms with Gasteiger partial charge in [0.25, 0.3) is 0 Å². The predicted molar refractivity (Wildman–Crippen MR) is 89.8 cm³/mol. The molecule has 5 nitrogen and oxygen atoms in total. The third-order valence-corrected chi connectivity index (χ3v) is 3.90. The predicted octanol–water partition coefficient (Wildman–Crippen LogP) is 2.94. The van der Waals surface area contributed by atoms with Gasteiger partial charge in [0.15, 0.2) is 0 Å². The normalized spacial score (nSPS) is 11.6. The number of rotatable bonds is 5. The van der Waals surface area contributed by atoms with Crippen molar-refractivity contribution in [3.63, 3.8) is 0 Å². The minimum Gasteiger partial charge on any atom is -0.347 e. The van der Waals surface area contributed by atoms with Crippen LogP contribution >= 0.6 is 0 Å². The van der Waals surface area contributed by atoms with Gasteiger partial charge in [-0.15, -0.1) is 0 Å². The zero-order valence-electron chi connectivity index (χ0n) is 13.3. The number of aryl methyl sites for hydroxylation is 1. The highest BCUT2D eigenvalue weighted by atomic mass is 16.1. The molecule has 0 saturated carbocycles. The third kappa shape index (κ3) is 3.39. The standard InChI is InChI=1S/C18H20N4O/c1-18(2,17-20-11-12-21-17)22-16(23)8-7-13-9-10-19-15-6-4-3-5-14(13)15/h3-6,9-12H,7-8H2,1-2H3,(H,20,21)(H,22,23). The summed E-state index contributed by atoms with van der Waals surface area (Å²) in [6.45, 7) is 3.87. The largest absolute Gasteiger partial charge is 0.347 e. The molecule has 0 unspecified atom stereocenters. The number of hydrogen-bond donors (Lipinski definition) is 2. The molecule has 0 saturated heterocycles. The number of amides is 1. The lowest BCUT2D eigenvalue weighted by molar-refractivity contribution is -0.122. The van der Waals surface area contributed by atoms with Crippen LogP contribution in [-0.4, -0.2) is 20.9 Å². The Hall–Kier alpha value is -2.69. The average molecular weight is 308 g/mol. The van der Waals surface area contributed by atoms with Crippen molar-refractivity contribution in [2.75, 3.05) is 0 Å². The molecule has 0 spiro atoms. The first-order chi connectivity index (χ1) is 11.1. The number of H-pyrrole nitrogens is 1. The molecule has 1 aromatic carbocycles. The van der Waals surface area contributed by atoms with Gasteiger partial charge < -0.3 is 10.3 Å². The molecule has 0 fully saturated rings. The van der Waals surface area contributed by atoms with Gasteiger partial charge in [-0.2, -0.15) is 0 Å².